The summed E-state index contributed by atoms with van der Waals surface area (Å²) in [5.74, 6) is 0.878. The van der Waals surface area contributed by atoms with Crippen molar-refractivity contribution in [1.82, 2.24) is 20.4 Å². The quantitative estimate of drug-likeness (QED) is 0.455. The van der Waals surface area contributed by atoms with Crippen LogP contribution in [-0.2, 0) is 19.5 Å². The van der Waals surface area contributed by atoms with Crippen LogP contribution >= 0.6 is 0 Å². The second-order valence-corrected chi connectivity index (χ2v) is 6.73. The van der Waals surface area contributed by atoms with Gasteiger partial charge in [0.1, 0.15) is 0 Å². The van der Waals surface area contributed by atoms with Crippen molar-refractivity contribution in [3.05, 3.63) is 47.8 Å². The highest BCUT2D eigenvalue weighted by molar-refractivity contribution is 5.79. The Hall–Kier alpha value is -2.50. The van der Waals surface area contributed by atoms with Crippen LogP contribution in [0.2, 0.25) is 0 Å². The van der Waals surface area contributed by atoms with Crippen LogP contribution in [-0.4, -0.2) is 42.4 Å². The Morgan fingerprint density at radius 3 is 3.04 bits per heavy atom. The predicted molar refractivity (Wildman–Crippen MR) is 108 cm³/mol. The van der Waals surface area contributed by atoms with Gasteiger partial charge >= 0.3 is 0 Å². The highest BCUT2D eigenvalue weighted by atomic mass is 15.3. The standard InChI is InChI=1S/C20H30N6/c1-3-21-20(22-10-5-13-26-14-6-11-24-26)23-16-17-8-9-19-18(15-17)7-4-12-25(19)2/h6,8-9,11,14-15H,3-5,7,10,12-13,16H2,1-2H3,(H2,21,22,23). The third-order valence-electron chi connectivity index (χ3n) is 4.67. The molecular weight excluding hydrogens is 324 g/mol. The molecule has 0 saturated heterocycles. The molecule has 1 aliphatic heterocycles. The first-order chi connectivity index (χ1) is 12.8. The zero-order valence-corrected chi connectivity index (χ0v) is 15.9. The molecule has 0 bridgehead atoms. The van der Waals surface area contributed by atoms with Crippen molar-refractivity contribution < 1.29 is 0 Å². The number of hydrogen-bond donors (Lipinski definition) is 2. The molecule has 6 nitrogen and oxygen atoms in total. The summed E-state index contributed by atoms with van der Waals surface area (Å²) in [5, 5.41) is 11.0. The third-order valence-corrected chi connectivity index (χ3v) is 4.67. The molecule has 6 heteroatoms. The lowest BCUT2D eigenvalue weighted by molar-refractivity contribution is 0.570. The second kappa shape index (κ2) is 9.27. The molecule has 2 heterocycles. The Kier molecular flexibility index (Phi) is 6.52. The fourth-order valence-electron chi connectivity index (χ4n) is 3.33. The molecule has 0 aliphatic carbocycles. The molecule has 0 fully saturated rings. The van der Waals surface area contributed by atoms with E-state index in [4.69, 9.17) is 4.99 Å². The second-order valence-electron chi connectivity index (χ2n) is 6.73. The summed E-state index contributed by atoms with van der Waals surface area (Å²) in [6.07, 6.45) is 7.22. The summed E-state index contributed by atoms with van der Waals surface area (Å²) < 4.78 is 1.95. The summed E-state index contributed by atoms with van der Waals surface area (Å²) >= 11 is 0. The van der Waals surface area contributed by atoms with Crippen LogP contribution in [0, 0.1) is 0 Å². The number of rotatable bonds is 7. The van der Waals surface area contributed by atoms with Crippen LogP contribution in [0.1, 0.15) is 30.9 Å². The number of anilines is 1. The minimum atomic E-state index is 0.700. The fourth-order valence-corrected chi connectivity index (χ4v) is 3.33. The van der Waals surface area contributed by atoms with E-state index in [-0.39, 0.29) is 0 Å². The summed E-state index contributed by atoms with van der Waals surface area (Å²) in [6.45, 7) is 6.59. The average Bonchev–Trinajstić information content (AvgIpc) is 3.17. The van der Waals surface area contributed by atoms with E-state index in [9.17, 15) is 0 Å². The number of nitrogens with one attached hydrogen (secondary N) is 2. The lowest BCUT2D eigenvalue weighted by Gasteiger charge is -2.27. The number of fused-ring (bicyclic) bond motifs is 1. The number of aryl methyl sites for hydroxylation is 2. The van der Waals surface area contributed by atoms with E-state index < -0.39 is 0 Å². The molecule has 0 radical (unpaired) electrons. The molecule has 3 rings (SSSR count). The van der Waals surface area contributed by atoms with Crippen molar-refractivity contribution in [2.24, 2.45) is 4.99 Å². The van der Waals surface area contributed by atoms with Crippen molar-refractivity contribution in [3.63, 3.8) is 0 Å². The minimum absolute atomic E-state index is 0.700. The molecule has 2 N–H and O–H groups in total. The van der Waals surface area contributed by atoms with Crippen molar-refractivity contribution in [1.29, 1.82) is 0 Å². The topological polar surface area (TPSA) is 57.5 Å². The highest BCUT2D eigenvalue weighted by Gasteiger charge is 2.13. The lowest BCUT2D eigenvalue weighted by Crippen LogP contribution is -2.38. The zero-order valence-electron chi connectivity index (χ0n) is 15.9. The van der Waals surface area contributed by atoms with E-state index in [2.05, 4.69) is 52.8 Å². The molecule has 0 unspecified atom stereocenters. The molecular formula is C20H30N6. The molecule has 1 aromatic heterocycles. The van der Waals surface area contributed by atoms with E-state index in [1.54, 1.807) is 0 Å². The summed E-state index contributed by atoms with van der Waals surface area (Å²) in [4.78, 5) is 7.09. The Morgan fingerprint density at radius 2 is 2.23 bits per heavy atom. The number of aliphatic imine (C=N–C) groups is 1. The predicted octanol–water partition coefficient (Wildman–Crippen LogP) is 2.41. The van der Waals surface area contributed by atoms with E-state index in [1.807, 2.05) is 23.1 Å². The van der Waals surface area contributed by atoms with Gasteiger partial charge in [0.25, 0.3) is 0 Å². The number of nitrogens with zero attached hydrogens (tertiary/aromatic N) is 4. The lowest BCUT2D eigenvalue weighted by atomic mass is 10.00. The van der Waals surface area contributed by atoms with Crippen molar-refractivity contribution in [2.45, 2.75) is 39.3 Å². The van der Waals surface area contributed by atoms with E-state index in [0.717, 1.165) is 38.6 Å². The van der Waals surface area contributed by atoms with Crippen LogP contribution in [0.15, 0.2) is 41.7 Å². The van der Waals surface area contributed by atoms with Crippen LogP contribution in [0.5, 0.6) is 0 Å². The maximum Gasteiger partial charge on any atom is 0.191 e. The monoisotopic (exact) mass is 354 g/mol. The Morgan fingerprint density at radius 1 is 1.31 bits per heavy atom. The third kappa shape index (κ3) is 5.00. The largest absolute Gasteiger partial charge is 0.374 e. The van der Waals surface area contributed by atoms with E-state index in [0.29, 0.717) is 6.54 Å². The first kappa shape index (κ1) is 18.3. The molecule has 26 heavy (non-hydrogen) atoms. The Labute approximate surface area is 156 Å². The summed E-state index contributed by atoms with van der Waals surface area (Å²) in [6, 6.07) is 8.71. The molecule has 0 saturated carbocycles. The number of benzene rings is 1. The van der Waals surface area contributed by atoms with Crippen LogP contribution in [0.25, 0.3) is 0 Å². The molecule has 0 amide bonds. The van der Waals surface area contributed by atoms with Crippen molar-refractivity contribution in [3.8, 4) is 0 Å². The summed E-state index contributed by atoms with van der Waals surface area (Å²) in [5.41, 5.74) is 4.09. The first-order valence-electron chi connectivity index (χ1n) is 9.59. The number of hydrogen-bond acceptors (Lipinski definition) is 3. The van der Waals surface area contributed by atoms with Crippen LogP contribution in [0.4, 0.5) is 5.69 Å². The van der Waals surface area contributed by atoms with Gasteiger partial charge in [0.2, 0.25) is 0 Å². The van der Waals surface area contributed by atoms with E-state index in [1.165, 1.54) is 29.7 Å². The fraction of sp³-hybridized carbons (Fsp3) is 0.500. The Balaban J connectivity index is 1.53. The van der Waals surface area contributed by atoms with Gasteiger partial charge < -0.3 is 15.5 Å². The van der Waals surface area contributed by atoms with Gasteiger partial charge in [0, 0.05) is 51.3 Å². The van der Waals surface area contributed by atoms with Gasteiger partial charge in [-0.15, -0.1) is 0 Å². The Bertz CT molecular complexity index is 707. The van der Waals surface area contributed by atoms with Crippen LogP contribution in [0.3, 0.4) is 0 Å². The van der Waals surface area contributed by atoms with Gasteiger partial charge in [-0.2, -0.15) is 5.10 Å². The maximum atomic E-state index is 4.74. The highest BCUT2D eigenvalue weighted by Crippen LogP contribution is 2.26. The molecule has 1 aromatic carbocycles. The van der Waals surface area contributed by atoms with Gasteiger partial charge in [-0.25, -0.2) is 4.99 Å². The van der Waals surface area contributed by atoms with Gasteiger partial charge in [0.05, 0.1) is 6.54 Å². The SMILES string of the molecule is CCNC(=NCc1ccc2c(c1)CCCN2C)NCCCn1cccn1. The average molecular weight is 355 g/mol. The van der Waals surface area contributed by atoms with E-state index >= 15 is 0 Å². The van der Waals surface area contributed by atoms with Gasteiger partial charge in [-0.3, -0.25) is 4.68 Å². The summed E-state index contributed by atoms with van der Waals surface area (Å²) in [7, 11) is 2.17. The van der Waals surface area contributed by atoms with Crippen molar-refractivity contribution >= 4 is 11.6 Å². The number of guanidine groups is 1. The molecule has 1 aliphatic rings. The maximum absolute atomic E-state index is 4.74. The molecule has 2 aromatic rings. The first-order valence-corrected chi connectivity index (χ1v) is 9.59. The smallest absolute Gasteiger partial charge is 0.191 e. The molecule has 140 valence electrons. The number of aromatic nitrogens is 2. The van der Waals surface area contributed by atoms with Crippen LogP contribution < -0.4 is 15.5 Å². The van der Waals surface area contributed by atoms with Gasteiger partial charge in [-0.05, 0) is 49.4 Å². The molecule has 0 atom stereocenters. The zero-order chi connectivity index (χ0) is 18.2. The molecule has 0 spiro atoms. The van der Waals surface area contributed by atoms with Crippen molar-refractivity contribution in [2.75, 3.05) is 31.6 Å². The normalized spacial score (nSPS) is 14.2. The minimum Gasteiger partial charge on any atom is -0.374 e. The van der Waals surface area contributed by atoms with Gasteiger partial charge in [0.15, 0.2) is 5.96 Å². The van der Waals surface area contributed by atoms with Gasteiger partial charge in [-0.1, -0.05) is 12.1 Å².